The summed E-state index contributed by atoms with van der Waals surface area (Å²) in [7, 11) is -5.12. The lowest BCUT2D eigenvalue weighted by Gasteiger charge is -2.28. The van der Waals surface area contributed by atoms with Crippen LogP contribution in [0.5, 0.6) is 0 Å². The highest BCUT2D eigenvalue weighted by atomic mass is 28.3. The van der Waals surface area contributed by atoms with E-state index < -0.39 is 16.1 Å². The summed E-state index contributed by atoms with van der Waals surface area (Å²) in [4.78, 5) is 0. The Hall–Kier alpha value is -4.87. The smallest absolute Gasteiger partial charge is 0.106 e. The van der Waals surface area contributed by atoms with Crippen molar-refractivity contribution in [1.82, 2.24) is 0 Å². The highest BCUT2D eigenvalue weighted by Gasteiger charge is 2.38. The van der Waals surface area contributed by atoms with Crippen molar-refractivity contribution in [2.24, 2.45) is 0 Å². The third-order valence-electron chi connectivity index (χ3n) is 7.92. The van der Waals surface area contributed by atoms with E-state index in [1.54, 1.807) is 0 Å². The minimum atomic E-state index is -2.67. The molecule has 6 aromatic carbocycles. The van der Waals surface area contributed by atoms with Crippen LogP contribution in [0.2, 0.25) is 6.55 Å². The summed E-state index contributed by atoms with van der Waals surface area (Å²) >= 11 is 0. The molecular formula is C39H30Si2. The second-order valence-electron chi connectivity index (χ2n) is 10.4. The van der Waals surface area contributed by atoms with Crippen LogP contribution in [-0.4, -0.2) is 16.1 Å². The SMILES string of the molecule is C[Si@](C#CC#C[Si](c1ccccc1)(c1ccccc1)c1ccccc1)(c1ccccc1)c1cccc2ccccc12. The zero-order chi connectivity index (χ0) is 28.0. The number of rotatable bonds is 5. The molecule has 0 spiro atoms. The molecule has 0 fully saturated rings. The Morgan fingerprint density at radius 1 is 0.390 bits per heavy atom. The summed E-state index contributed by atoms with van der Waals surface area (Å²) in [5.41, 5.74) is 7.62. The van der Waals surface area contributed by atoms with Crippen LogP contribution in [0.4, 0.5) is 0 Å². The third-order valence-corrected chi connectivity index (χ3v) is 15.6. The number of hydrogen-bond acceptors (Lipinski definition) is 0. The van der Waals surface area contributed by atoms with Crippen LogP contribution in [0, 0.1) is 22.9 Å². The van der Waals surface area contributed by atoms with Crippen molar-refractivity contribution in [3.05, 3.63) is 164 Å². The van der Waals surface area contributed by atoms with Gasteiger partial charge >= 0.3 is 0 Å². The first-order valence-electron chi connectivity index (χ1n) is 14.0. The molecule has 194 valence electrons. The molecular weight excluding hydrogens is 525 g/mol. The summed E-state index contributed by atoms with van der Waals surface area (Å²) in [6.07, 6.45) is 0. The average Bonchev–Trinajstić information content (AvgIpc) is 3.06. The van der Waals surface area contributed by atoms with Crippen LogP contribution in [0.15, 0.2) is 164 Å². The molecule has 6 aromatic rings. The van der Waals surface area contributed by atoms with E-state index in [0.29, 0.717) is 0 Å². The average molecular weight is 555 g/mol. The number of fused-ring (bicyclic) bond motifs is 1. The molecule has 0 aliphatic rings. The Kier molecular flexibility index (Phi) is 7.53. The topological polar surface area (TPSA) is 0 Å². The van der Waals surface area contributed by atoms with Crippen molar-refractivity contribution < 1.29 is 0 Å². The predicted molar refractivity (Wildman–Crippen MR) is 181 cm³/mol. The van der Waals surface area contributed by atoms with E-state index in [1.807, 2.05) is 0 Å². The van der Waals surface area contributed by atoms with Crippen LogP contribution in [0.1, 0.15) is 0 Å². The fourth-order valence-corrected chi connectivity index (χ4v) is 12.5. The third kappa shape index (κ3) is 5.08. The molecule has 0 unspecified atom stereocenters. The van der Waals surface area contributed by atoms with Crippen molar-refractivity contribution in [3.8, 4) is 22.9 Å². The van der Waals surface area contributed by atoms with Gasteiger partial charge in [0.2, 0.25) is 8.07 Å². The quantitative estimate of drug-likeness (QED) is 0.154. The molecule has 0 N–H and O–H groups in total. The van der Waals surface area contributed by atoms with Gasteiger partial charge in [-0.05, 0) is 48.5 Å². The number of benzene rings is 6. The lowest BCUT2D eigenvalue weighted by Crippen LogP contribution is -2.66. The lowest BCUT2D eigenvalue weighted by molar-refractivity contribution is 1.69. The maximum absolute atomic E-state index is 3.83. The Morgan fingerprint density at radius 2 is 0.805 bits per heavy atom. The second-order valence-corrected chi connectivity index (χ2v) is 17.5. The molecule has 6 rings (SSSR count). The molecule has 0 radical (unpaired) electrons. The maximum atomic E-state index is 3.83. The summed E-state index contributed by atoms with van der Waals surface area (Å²) < 4.78 is 0. The highest BCUT2D eigenvalue weighted by molar-refractivity contribution is 7.16. The largest absolute Gasteiger partial charge is 0.231 e. The van der Waals surface area contributed by atoms with Gasteiger partial charge in [0.25, 0.3) is 0 Å². The van der Waals surface area contributed by atoms with E-state index in [0.717, 1.165) is 0 Å². The molecule has 0 saturated heterocycles. The standard InChI is InChI=1S/C39H30Si2/c1-40(34-21-6-2-7-22-34,39-30-18-20-33-19-14-15-29-38(33)39)31-16-17-32-41(35-23-8-3-9-24-35,36-25-10-4-11-26-36)37-27-12-5-13-28-37/h2-15,18-30H,1H3/t40-/m0/s1. The first kappa shape index (κ1) is 26.4. The van der Waals surface area contributed by atoms with Crippen molar-refractivity contribution in [3.63, 3.8) is 0 Å². The molecule has 2 heteroatoms. The summed E-state index contributed by atoms with van der Waals surface area (Å²) in [5.74, 6) is 6.89. The lowest BCUT2D eigenvalue weighted by atomic mass is 10.1. The molecule has 1 atom stereocenters. The first-order chi connectivity index (χ1) is 20.2. The Labute approximate surface area is 245 Å². The molecule has 0 aliphatic heterocycles. The van der Waals surface area contributed by atoms with Crippen LogP contribution in [-0.2, 0) is 0 Å². The normalized spacial score (nSPS) is 12.3. The predicted octanol–water partition coefficient (Wildman–Crippen LogP) is 5.29. The van der Waals surface area contributed by atoms with Crippen LogP contribution in [0.3, 0.4) is 0 Å². The van der Waals surface area contributed by atoms with E-state index in [9.17, 15) is 0 Å². The zero-order valence-electron chi connectivity index (χ0n) is 23.1. The van der Waals surface area contributed by atoms with E-state index in [-0.39, 0.29) is 0 Å². The summed E-state index contributed by atoms with van der Waals surface area (Å²) in [6, 6.07) is 58.4. The Morgan fingerprint density at radius 3 is 1.34 bits per heavy atom. The van der Waals surface area contributed by atoms with E-state index in [1.165, 1.54) is 36.7 Å². The fourth-order valence-electron chi connectivity index (χ4n) is 5.79. The monoisotopic (exact) mass is 554 g/mol. The molecule has 0 nitrogen and oxygen atoms in total. The zero-order valence-corrected chi connectivity index (χ0v) is 25.1. The van der Waals surface area contributed by atoms with E-state index >= 15 is 0 Å². The fraction of sp³-hybridized carbons (Fsp3) is 0.0256. The summed E-state index contributed by atoms with van der Waals surface area (Å²) in [5, 5.41) is 8.95. The van der Waals surface area contributed by atoms with Crippen molar-refractivity contribution >= 4 is 52.9 Å². The van der Waals surface area contributed by atoms with Crippen molar-refractivity contribution in [2.75, 3.05) is 0 Å². The van der Waals surface area contributed by atoms with E-state index in [2.05, 4.69) is 193 Å². The molecule has 0 heterocycles. The van der Waals surface area contributed by atoms with Crippen LogP contribution < -0.4 is 25.9 Å². The molecule has 0 aromatic heterocycles. The van der Waals surface area contributed by atoms with Gasteiger partial charge in [-0.1, -0.05) is 170 Å². The van der Waals surface area contributed by atoms with Crippen LogP contribution >= 0.6 is 0 Å². The molecule has 0 bridgehead atoms. The molecule has 0 aliphatic carbocycles. The minimum Gasteiger partial charge on any atom is -0.106 e. The summed E-state index contributed by atoms with van der Waals surface area (Å²) in [6.45, 7) is 2.36. The molecule has 0 amide bonds. The van der Waals surface area contributed by atoms with Crippen molar-refractivity contribution in [2.45, 2.75) is 6.55 Å². The van der Waals surface area contributed by atoms with Crippen molar-refractivity contribution in [1.29, 1.82) is 0 Å². The van der Waals surface area contributed by atoms with Gasteiger partial charge in [0.1, 0.15) is 0 Å². The molecule has 0 saturated carbocycles. The van der Waals surface area contributed by atoms with Gasteiger partial charge in [-0.3, -0.25) is 0 Å². The number of hydrogen-bond donors (Lipinski definition) is 0. The molecule has 41 heavy (non-hydrogen) atoms. The van der Waals surface area contributed by atoms with Gasteiger partial charge in [-0.15, -0.1) is 11.1 Å². The second kappa shape index (κ2) is 11.7. The van der Waals surface area contributed by atoms with Gasteiger partial charge in [-0.25, -0.2) is 0 Å². The van der Waals surface area contributed by atoms with E-state index in [4.69, 9.17) is 0 Å². The Balaban J connectivity index is 1.57. The van der Waals surface area contributed by atoms with Crippen LogP contribution in [0.25, 0.3) is 10.8 Å². The van der Waals surface area contributed by atoms with Gasteiger partial charge in [-0.2, -0.15) is 0 Å². The Bertz CT molecular complexity index is 1790. The van der Waals surface area contributed by atoms with Gasteiger partial charge < -0.3 is 0 Å². The maximum Gasteiger partial charge on any atom is 0.231 e. The van der Waals surface area contributed by atoms with Gasteiger partial charge in [0.05, 0.1) is 0 Å². The van der Waals surface area contributed by atoms with Gasteiger partial charge in [0, 0.05) is 0 Å². The first-order valence-corrected chi connectivity index (χ1v) is 18.5. The van der Waals surface area contributed by atoms with Gasteiger partial charge in [0.15, 0.2) is 8.07 Å². The minimum absolute atomic E-state index is 1.25. The highest BCUT2D eigenvalue weighted by Crippen LogP contribution is 2.16.